The smallest absolute Gasteiger partial charge is 0.178 e. The SMILES string of the molecule is Cc1cccc(C)c1-n1nnnc1C(c1cccc(Oc2ccccc2)c1)N1CCN(CC=Cc2ccccc2)CC1. The van der Waals surface area contributed by atoms with E-state index in [1.54, 1.807) is 0 Å². The molecule has 0 spiro atoms. The number of nitrogens with zero attached hydrogens (tertiary/aromatic N) is 6. The molecule has 1 aromatic heterocycles. The van der Waals surface area contributed by atoms with Gasteiger partial charge in [0.25, 0.3) is 0 Å². The lowest BCUT2D eigenvalue weighted by molar-refractivity contribution is 0.113. The summed E-state index contributed by atoms with van der Waals surface area (Å²) in [5.74, 6) is 2.41. The summed E-state index contributed by atoms with van der Waals surface area (Å²) < 4.78 is 8.16. The molecule has 1 fully saturated rings. The highest BCUT2D eigenvalue weighted by Crippen LogP contribution is 2.33. The average Bonchev–Trinajstić information content (AvgIpc) is 3.48. The summed E-state index contributed by atoms with van der Waals surface area (Å²) in [6, 6.07) is 34.8. The number of hydrogen-bond donors (Lipinski definition) is 0. The summed E-state index contributed by atoms with van der Waals surface area (Å²) in [6.07, 6.45) is 4.46. The maximum Gasteiger partial charge on any atom is 0.178 e. The van der Waals surface area contributed by atoms with Crippen molar-refractivity contribution in [1.29, 1.82) is 0 Å². The van der Waals surface area contributed by atoms with Gasteiger partial charge in [0.1, 0.15) is 11.5 Å². The fourth-order valence-corrected chi connectivity index (χ4v) is 5.67. The third-order valence-corrected chi connectivity index (χ3v) is 7.79. The van der Waals surface area contributed by atoms with Gasteiger partial charge in [-0.15, -0.1) is 5.10 Å². The molecule has 212 valence electrons. The average molecular weight is 557 g/mol. The predicted octanol–water partition coefficient (Wildman–Crippen LogP) is 6.49. The highest BCUT2D eigenvalue weighted by Gasteiger charge is 2.31. The Morgan fingerprint density at radius 3 is 2.17 bits per heavy atom. The van der Waals surface area contributed by atoms with Crippen LogP contribution in [0.1, 0.15) is 34.1 Å². The fraction of sp³-hybridized carbons (Fsp3) is 0.229. The van der Waals surface area contributed by atoms with Crippen LogP contribution < -0.4 is 4.74 Å². The van der Waals surface area contributed by atoms with E-state index in [-0.39, 0.29) is 6.04 Å². The molecule has 0 saturated carbocycles. The molecule has 42 heavy (non-hydrogen) atoms. The molecular weight excluding hydrogens is 520 g/mol. The molecule has 0 aliphatic carbocycles. The molecule has 7 nitrogen and oxygen atoms in total. The van der Waals surface area contributed by atoms with Gasteiger partial charge < -0.3 is 4.74 Å². The minimum Gasteiger partial charge on any atom is -0.457 e. The highest BCUT2D eigenvalue weighted by molar-refractivity contribution is 5.49. The molecular formula is C35H36N6O. The zero-order chi connectivity index (χ0) is 28.7. The Hall–Kier alpha value is -4.59. The van der Waals surface area contributed by atoms with E-state index < -0.39 is 0 Å². The van der Waals surface area contributed by atoms with E-state index in [1.165, 1.54) is 5.56 Å². The molecule has 0 amide bonds. The topological polar surface area (TPSA) is 59.3 Å². The van der Waals surface area contributed by atoms with E-state index >= 15 is 0 Å². The van der Waals surface area contributed by atoms with Gasteiger partial charge in [0.2, 0.25) is 0 Å². The number of aromatic nitrogens is 4. The predicted molar refractivity (Wildman–Crippen MR) is 167 cm³/mol. The second-order valence-corrected chi connectivity index (χ2v) is 10.7. The van der Waals surface area contributed by atoms with Gasteiger partial charge in [-0.1, -0.05) is 91.0 Å². The van der Waals surface area contributed by atoms with Crippen molar-refractivity contribution in [2.45, 2.75) is 19.9 Å². The number of tetrazole rings is 1. The van der Waals surface area contributed by atoms with Crippen molar-refractivity contribution >= 4 is 6.08 Å². The minimum atomic E-state index is -0.139. The van der Waals surface area contributed by atoms with Crippen LogP contribution in [0.3, 0.4) is 0 Å². The van der Waals surface area contributed by atoms with Crippen LogP contribution in [-0.2, 0) is 0 Å². The van der Waals surface area contributed by atoms with Gasteiger partial charge in [0.15, 0.2) is 5.82 Å². The normalized spacial score (nSPS) is 15.2. The van der Waals surface area contributed by atoms with Gasteiger partial charge in [0.05, 0.1) is 11.7 Å². The maximum absolute atomic E-state index is 6.23. The lowest BCUT2D eigenvalue weighted by Crippen LogP contribution is -2.48. The first-order valence-electron chi connectivity index (χ1n) is 14.5. The maximum atomic E-state index is 6.23. The van der Waals surface area contributed by atoms with E-state index in [4.69, 9.17) is 4.74 Å². The number of ether oxygens (including phenoxy) is 1. The third-order valence-electron chi connectivity index (χ3n) is 7.79. The van der Waals surface area contributed by atoms with Crippen LogP contribution in [0, 0.1) is 13.8 Å². The molecule has 7 heteroatoms. The quantitative estimate of drug-likeness (QED) is 0.207. The number of hydrogen-bond acceptors (Lipinski definition) is 6. The van der Waals surface area contributed by atoms with Crippen LogP contribution >= 0.6 is 0 Å². The number of benzene rings is 4. The zero-order valence-electron chi connectivity index (χ0n) is 24.2. The van der Waals surface area contributed by atoms with E-state index in [9.17, 15) is 0 Å². The second kappa shape index (κ2) is 12.9. The molecule has 5 aromatic rings. The van der Waals surface area contributed by atoms with Crippen LogP contribution in [-0.4, -0.2) is 62.7 Å². The summed E-state index contributed by atoms with van der Waals surface area (Å²) in [4.78, 5) is 4.99. The molecule has 1 aliphatic heterocycles. The van der Waals surface area contributed by atoms with Crippen molar-refractivity contribution in [3.05, 3.63) is 137 Å². The summed E-state index contributed by atoms with van der Waals surface area (Å²) in [5, 5.41) is 13.3. The first-order chi connectivity index (χ1) is 20.7. The molecule has 1 unspecified atom stereocenters. The van der Waals surface area contributed by atoms with Crippen LogP contribution in [0.25, 0.3) is 11.8 Å². The first kappa shape index (κ1) is 27.6. The van der Waals surface area contributed by atoms with Gasteiger partial charge in [-0.25, -0.2) is 0 Å². The van der Waals surface area contributed by atoms with Crippen LogP contribution in [0.4, 0.5) is 0 Å². The first-order valence-corrected chi connectivity index (χ1v) is 14.5. The summed E-state index contributed by atoms with van der Waals surface area (Å²) in [7, 11) is 0. The Labute approximate surface area is 247 Å². The van der Waals surface area contributed by atoms with E-state index in [0.29, 0.717) is 0 Å². The molecule has 0 radical (unpaired) electrons. The van der Waals surface area contributed by atoms with E-state index in [1.807, 2.05) is 47.1 Å². The van der Waals surface area contributed by atoms with E-state index in [2.05, 4.69) is 112 Å². The second-order valence-electron chi connectivity index (χ2n) is 10.7. The van der Waals surface area contributed by atoms with Crippen molar-refractivity contribution in [3.8, 4) is 17.2 Å². The molecule has 0 N–H and O–H groups in total. The van der Waals surface area contributed by atoms with Gasteiger partial charge in [-0.05, 0) is 70.8 Å². The Morgan fingerprint density at radius 1 is 0.762 bits per heavy atom. The Balaban J connectivity index is 1.29. The molecule has 0 bridgehead atoms. The molecule has 1 aliphatic rings. The van der Waals surface area contributed by atoms with Crippen molar-refractivity contribution in [1.82, 2.24) is 30.0 Å². The van der Waals surface area contributed by atoms with Crippen molar-refractivity contribution in [2.75, 3.05) is 32.7 Å². The lowest BCUT2D eigenvalue weighted by atomic mass is 10.0. The lowest BCUT2D eigenvalue weighted by Gasteiger charge is -2.38. The summed E-state index contributed by atoms with van der Waals surface area (Å²) >= 11 is 0. The largest absolute Gasteiger partial charge is 0.457 e. The molecule has 2 heterocycles. The fourth-order valence-electron chi connectivity index (χ4n) is 5.67. The van der Waals surface area contributed by atoms with Gasteiger partial charge in [-0.3, -0.25) is 9.80 Å². The standard InChI is InChI=1S/C35H36N6O/c1-27-12-9-13-28(2)33(27)41-35(36-37-38-41)34(30-17-10-20-32(26-30)42-31-18-7-4-8-19-31)40-24-22-39(23-25-40)21-11-16-29-14-5-3-6-15-29/h3-20,26,34H,21-25H2,1-2H3. The van der Waals surface area contributed by atoms with Crippen LogP contribution in [0.5, 0.6) is 11.5 Å². The Kier molecular flexibility index (Phi) is 8.49. The Bertz CT molecular complexity index is 1600. The van der Waals surface area contributed by atoms with Crippen molar-refractivity contribution in [2.24, 2.45) is 0 Å². The molecule has 4 aromatic carbocycles. The van der Waals surface area contributed by atoms with Crippen LogP contribution in [0.15, 0.2) is 109 Å². The minimum absolute atomic E-state index is 0.139. The molecule has 1 atom stereocenters. The summed E-state index contributed by atoms with van der Waals surface area (Å²) in [6.45, 7) is 8.85. The highest BCUT2D eigenvalue weighted by atomic mass is 16.5. The third kappa shape index (κ3) is 6.33. The molecule has 6 rings (SSSR count). The zero-order valence-corrected chi connectivity index (χ0v) is 24.2. The van der Waals surface area contributed by atoms with Crippen LogP contribution in [0.2, 0.25) is 0 Å². The number of para-hydroxylation sites is 2. The summed E-state index contributed by atoms with van der Waals surface area (Å²) in [5.41, 5.74) is 5.64. The van der Waals surface area contributed by atoms with Crippen molar-refractivity contribution < 1.29 is 4.74 Å². The number of piperazine rings is 1. The van der Waals surface area contributed by atoms with Gasteiger partial charge in [-0.2, -0.15) is 4.68 Å². The van der Waals surface area contributed by atoms with Crippen molar-refractivity contribution in [3.63, 3.8) is 0 Å². The van der Waals surface area contributed by atoms with Gasteiger partial charge in [0, 0.05) is 32.7 Å². The number of rotatable bonds is 9. The number of aryl methyl sites for hydroxylation is 2. The monoisotopic (exact) mass is 556 g/mol. The van der Waals surface area contributed by atoms with Gasteiger partial charge >= 0.3 is 0 Å². The van der Waals surface area contributed by atoms with E-state index in [0.717, 1.165) is 72.4 Å². The molecule has 1 saturated heterocycles. The Morgan fingerprint density at radius 2 is 1.43 bits per heavy atom.